The highest BCUT2D eigenvalue weighted by atomic mass is 16.2. The number of pyridine rings is 1. The normalized spacial score (nSPS) is 18.4. The maximum atomic E-state index is 13.3. The molecule has 164 valence electrons. The molecule has 0 aliphatic carbocycles. The highest BCUT2D eigenvalue weighted by molar-refractivity contribution is 5.96. The number of carbonyl (C=O) groups is 1. The Kier molecular flexibility index (Phi) is 5.81. The Morgan fingerprint density at radius 1 is 1.16 bits per heavy atom. The third-order valence-corrected chi connectivity index (χ3v) is 6.26. The summed E-state index contributed by atoms with van der Waals surface area (Å²) in [5.74, 6) is 0.876. The first kappa shape index (κ1) is 20.6. The Morgan fingerprint density at radius 3 is 2.94 bits per heavy atom. The van der Waals surface area contributed by atoms with Gasteiger partial charge in [0.05, 0.1) is 24.5 Å². The molecule has 1 fully saturated rings. The van der Waals surface area contributed by atoms with E-state index in [-0.39, 0.29) is 11.9 Å². The minimum absolute atomic E-state index is 0.140. The molecule has 2 aliphatic heterocycles. The summed E-state index contributed by atoms with van der Waals surface area (Å²) >= 11 is 0. The van der Waals surface area contributed by atoms with Crippen LogP contribution in [0.1, 0.15) is 42.3 Å². The maximum Gasteiger partial charge on any atom is 0.241 e. The van der Waals surface area contributed by atoms with Crippen molar-refractivity contribution in [2.75, 3.05) is 29.9 Å². The van der Waals surface area contributed by atoms with Crippen molar-refractivity contribution in [1.82, 2.24) is 19.9 Å². The summed E-state index contributed by atoms with van der Waals surface area (Å²) in [7, 11) is 0. The Morgan fingerprint density at radius 2 is 2.06 bits per heavy atom. The molecule has 2 aliphatic rings. The van der Waals surface area contributed by atoms with Crippen LogP contribution in [0.15, 0.2) is 55.0 Å². The van der Waals surface area contributed by atoms with Gasteiger partial charge in [0.1, 0.15) is 5.82 Å². The van der Waals surface area contributed by atoms with Crippen LogP contribution in [-0.2, 0) is 11.2 Å². The SMILES string of the molecule is Cc1cc(Nc2cnccn2)cc([C@H]2CCCN2CC(=O)N2CCCc3ccccc32)n1. The second kappa shape index (κ2) is 9.04. The fourth-order valence-electron chi connectivity index (χ4n) is 4.85. The second-order valence-corrected chi connectivity index (χ2v) is 8.54. The van der Waals surface area contributed by atoms with Gasteiger partial charge in [-0.05, 0) is 62.9 Å². The third-order valence-electron chi connectivity index (χ3n) is 6.26. The summed E-state index contributed by atoms with van der Waals surface area (Å²) < 4.78 is 0. The van der Waals surface area contributed by atoms with Gasteiger partial charge in [-0.2, -0.15) is 0 Å². The first-order valence-corrected chi connectivity index (χ1v) is 11.3. The van der Waals surface area contributed by atoms with Crippen LogP contribution < -0.4 is 10.2 Å². The minimum Gasteiger partial charge on any atom is -0.339 e. The number of nitrogens with zero attached hydrogens (tertiary/aromatic N) is 5. The van der Waals surface area contributed by atoms with E-state index < -0.39 is 0 Å². The molecule has 1 aromatic carbocycles. The van der Waals surface area contributed by atoms with Gasteiger partial charge in [0.2, 0.25) is 5.91 Å². The van der Waals surface area contributed by atoms with E-state index >= 15 is 0 Å². The van der Waals surface area contributed by atoms with Crippen LogP contribution in [-0.4, -0.2) is 45.4 Å². The average Bonchev–Trinajstić information content (AvgIpc) is 3.27. The number of fused-ring (bicyclic) bond motifs is 1. The number of aromatic nitrogens is 3. The number of anilines is 3. The van der Waals surface area contributed by atoms with Crippen molar-refractivity contribution >= 4 is 23.1 Å². The Hall–Kier alpha value is -3.32. The number of carbonyl (C=O) groups excluding carboxylic acids is 1. The van der Waals surface area contributed by atoms with Gasteiger partial charge in [0, 0.05) is 36.0 Å². The Balaban J connectivity index is 1.33. The van der Waals surface area contributed by atoms with E-state index in [4.69, 9.17) is 4.98 Å². The molecule has 5 rings (SSSR count). The van der Waals surface area contributed by atoms with E-state index in [2.05, 4.69) is 44.5 Å². The molecule has 1 saturated heterocycles. The first-order valence-electron chi connectivity index (χ1n) is 11.3. The van der Waals surface area contributed by atoms with Crippen LogP contribution in [0, 0.1) is 6.92 Å². The highest BCUT2D eigenvalue weighted by Gasteiger charge is 2.31. The Bertz CT molecular complexity index is 1100. The quantitative estimate of drug-likeness (QED) is 0.661. The zero-order valence-corrected chi connectivity index (χ0v) is 18.4. The number of rotatable bonds is 5. The zero-order valence-electron chi connectivity index (χ0n) is 18.4. The summed E-state index contributed by atoms with van der Waals surface area (Å²) in [6, 6.07) is 12.5. The van der Waals surface area contributed by atoms with E-state index in [1.54, 1.807) is 18.6 Å². The lowest BCUT2D eigenvalue weighted by atomic mass is 10.0. The minimum atomic E-state index is 0.140. The van der Waals surface area contributed by atoms with E-state index in [1.807, 2.05) is 24.0 Å². The monoisotopic (exact) mass is 428 g/mol. The number of benzene rings is 1. The van der Waals surface area contributed by atoms with Crippen molar-refractivity contribution in [2.24, 2.45) is 0 Å². The van der Waals surface area contributed by atoms with E-state index in [9.17, 15) is 4.79 Å². The lowest BCUT2D eigenvalue weighted by molar-refractivity contribution is -0.120. The standard InChI is InChI=1S/C25H28N6O/c1-18-14-20(29-24-16-26-10-11-27-24)15-21(28-18)23-9-5-12-30(23)17-25(32)31-13-4-7-19-6-2-3-8-22(19)31/h2-3,6,8,10-11,14-16,23H,4-5,7,9,12-13,17H2,1H3,(H,27,28,29)/t23-/m1/s1. The first-order chi connectivity index (χ1) is 15.7. The molecule has 0 bridgehead atoms. The molecule has 1 amide bonds. The van der Waals surface area contributed by atoms with Gasteiger partial charge < -0.3 is 10.2 Å². The van der Waals surface area contributed by atoms with Crippen molar-refractivity contribution in [3.63, 3.8) is 0 Å². The fourth-order valence-corrected chi connectivity index (χ4v) is 4.85. The van der Waals surface area contributed by atoms with Crippen molar-refractivity contribution in [3.05, 3.63) is 71.9 Å². The average molecular weight is 429 g/mol. The number of hydrogen-bond donors (Lipinski definition) is 1. The molecule has 0 saturated carbocycles. The summed E-state index contributed by atoms with van der Waals surface area (Å²) in [6.45, 7) is 4.12. The van der Waals surface area contributed by atoms with E-state index in [0.717, 1.165) is 61.5 Å². The highest BCUT2D eigenvalue weighted by Crippen LogP contribution is 2.33. The summed E-state index contributed by atoms with van der Waals surface area (Å²) in [5, 5.41) is 3.32. The number of likely N-dealkylation sites (tertiary alicyclic amines) is 1. The molecular formula is C25H28N6O. The molecule has 7 nitrogen and oxygen atoms in total. The maximum absolute atomic E-state index is 13.3. The van der Waals surface area contributed by atoms with Crippen LogP contribution in [0.5, 0.6) is 0 Å². The number of para-hydroxylation sites is 1. The number of nitrogens with one attached hydrogen (secondary N) is 1. The predicted molar refractivity (Wildman–Crippen MR) is 125 cm³/mol. The molecule has 2 aromatic heterocycles. The van der Waals surface area contributed by atoms with Crippen LogP contribution in [0.3, 0.4) is 0 Å². The van der Waals surface area contributed by atoms with Gasteiger partial charge in [0.25, 0.3) is 0 Å². The van der Waals surface area contributed by atoms with Crippen LogP contribution in [0.2, 0.25) is 0 Å². The molecule has 7 heteroatoms. The molecule has 1 N–H and O–H groups in total. The lowest BCUT2D eigenvalue weighted by Gasteiger charge is -2.32. The molecular weight excluding hydrogens is 400 g/mol. The van der Waals surface area contributed by atoms with Crippen LogP contribution >= 0.6 is 0 Å². The lowest BCUT2D eigenvalue weighted by Crippen LogP contribution is -2.42. The van der Waals surface area contributed by atoms with Gasteiger partial charge in [-0.1, -0.05) is 18.2 Å². The van der Waals surface area contributed by atoms with Crippen molar-refractivity contribution in [2.45, 2.75) is 38.6 Å². The van der Waals surface area contributed by atoms with Gasteiger partial charge in [-0.3, -0.25) is 19.7 Å². The second-order valence-electron chi connectivity index (χ2n) is 8.54. The van der Waals surface area contributed by atoms with Gasteiger partial charge >= 0.3 is 0 Å². The summed E-state index contributed by atoms with van der Waals surface area (Å²) in [5.41, 5.74) is 5.22. The smallest absolute Gasteiger partial charge is 0.241 e. The topological polar surface area (TPSA) is 74.2 Å². The third kappa shape index (κ3) is 4.34. The van der Waals surface area contributed by atoms with Crippen molar-refractivity contribution < 1.29 is 4.79 Å². The Labute approximate surface area is 188 Å². The van der Waals surface area contributed by atoms with Gasteiger partial charge in [-0.15, -0.1) is 0 Å². The molecule has 4 heterocycles. The van der Waals surface area contributed by atoms with Crippen molar-refractivity contribution in [1.29, 1.82) is 0 Å². The van der Waals surface area contributed by atoms with E-state index in [0.29, 0.717) is 12.4 Å². The fraction of sp³-hybridized carbons (Fsp3) is 0.360. The zero-order chi connectivity index (χ0) is 21.9. The van der Waals surface area contributed by atoms with Crippen LogP contribution in [0.4, 0.5) is 17.2 Å². The number of amides is 1. The predicted octanol–water partition coefficient (Wildman–Crippen LogP) is 4.04. The molecule has 0 radical (unpaired) electrons. The molecule has 3 aromatic rings. The van der Waals surface area contributed by atoms with Crippen LogP contribution in [0.25, 0.3) is 0 Å². The van der Waals surface area contributed by atoms with Gasteiger partial charge in [-0.25, -0.2) is 4.98 Å². The van der Waals surface area contributed by atoms with Gasteiger partial charge in [0.15, 0.2) is 0 Å². The number of hydrogen-bond acceptors (Lipinski definition) is 6. The summed E-state index contributed by atoms with van der Waals surface area (Å²) in [4.78, 5) is 30.8. The largest absolute Gasteiger partial charge is 0.339 e. The molecule has 32 heavy (non-hydrogen) atoms. The van der Waals surface area contributed by atoms with Crippen molar-refractivity contribution in [3.8, 4) is 0 Å². The summed E-state index contributed by atoms with van der Waals surface area (Å²) in [6.07, 6.45) is 9.15. The molecule has 0 unspecified atom stereocenters. The van der Waals surface area contributed by atoms with E-state index in [1.165, 1.54) is 5.56 Å². The molecule has 1 atom stereocenters. The number of aryl methyl sites for hydroxylation is 2. The molecule has 0 spiro atoms.